The van der Waals surface area contributed by atoms with Crippen molar-refractivity contribution >= 4 is 9.76 Å². The molecule has 1 aliphatic rings. The van der Waals surface area contributed by atoms with Gasteiger partial charge in [0.2, 0.25) is 9.76 Å². The van der Waals surface area contributed by atoms with E-state index in [0.717, 1.165) is 19.3 Å². The van der Waals surface area contributed by atoms with Gasteiger partial charge in [-0.1, -0.05) is 0 Å². The zero-order chi connectivity index (χ0) is 4.24. The van der Waals surface area contributed by atoms with Crippen LogP contribution in [0.25, 0.3) is 0 Å². The Morgan fingerprint density at radius 2 is 2.67 bits per heavy atom. The third-order valence-electron chi connectivity index (χ3n) is 0.680. The van der Waals surface area contributed by atoms with Gasteiger partial charge in [0.05, 0.1) is 0 Å². The van der Waals surface area contributed by atoms with Gasteiger partial charge < -0.3 is 9.74 Å². The van der Waals surface area contributed by atoms with E-state index in [1.165, 1.54) is 0 Å². The Balaban J connectivity index is 2.00. The molecular weight excluding hydrogens is 94.1 g/mol. The second-order valence-corrected chi connectivity index (χ2v) is 2.10. The highest BCUT2D eigenvalue weighted by Gasteiger charge is 1.95. The first-order chi connectivity index (χ1) is 3.00. The Hall–Kier alpha value is 0.137. The largest absolute Gasteiger partial charge is 0.415 e. The molecule has 2 radical (unpaired) electrons. The molecule has 1 saturated heterocycles. The molecule has 0 aromatic carbocycles. The van der Waals surface area contributed by atoms with Crippen LogP contribution in [0.15, 0.2) is 0 Å². The third-order valence-corrected chi connectivity index (χ3v) is 1.48. The summed E-state index contributed by atoms with van der Waals surface area (Å²) in [7, 11) is 0.691. The Morgan fingerprint density at radius 1 is 1.67 bits per heavy atom. The maximum absolute atomic E-state index is 5.03. The molecule has 0 aliphatic carbocycles. The van der Waals surface area contributed by atoms with Crippen molar-refractivity contribution in [3.05, 3.63) is 0 Å². The second kappa shape index (κ2) is 2.33. The van der Waals surface area contributed by atoms with E-state index >= 15 is 0 Å². The fourth-order valence-electron chi connectivity index (χ4n) is 0.386. The van der Waals surface area contributed by atoms with Crippen LogP contribution in [0, 0.1) is 0 Å². The van der Waals surface area contributed by atoms with E-state index in [0.29, 0.717) is 9.76 Å². The number of hydrogen-bond donors (Lipinski definition) is 1. The first kappa shape index (κ1) is 4.30. The van der Waals surface area contributed by atoms with Crippen molar-refractivity contribution in [3.63, 3.8) is 0 Å². The van der Waals surface area contributed by atoms with Crippen molar-refractivity contribution in [3.8, 4) is 0 Å². The molecule has 0 amide bonds. The van der Waals surface area contributed by atoms with E-state index in [1.54, 1.807) is 0 Å². The summed E-state index contributed by atoms with van der Waals surface area (Å²) in [5, 5.41) is 3.17. The van der Waals surface area contributed by atoms with Crippen LogP contribution in [0.3, 0.4) is 0 Å². The standard InChI is InChI=1S/C3H7NOSi/c1-2-5-6-3-4-1/h4H,1-3H2. The zero-order valence-electron chi connectivity index (χ0n) is 3.53. The number of rotatable bonds is 0. The van der Waals surface area contributed by atoms with Gasteiger partial charge in [-0.2, -0.15) is 0 Å². The van der Waals surface area contributed by atoms with Crippen molar-refractivity contribution in [2.24, 2.45) is 0 Å². The van der Waals surface area contributed by atoms with Crippen LogP contribution < -0.4 is 5.32 Å². The molecule has 0 spiro atoms. The average Bonchev–Trinajstić information content (AvgIpc) is 1.72. The van der Waals surface area contributed by atoms with Gasteiger partial charge in [0, 0.05) is 19.3 Å². The maximum Gasteiger partial charge on any atom is 0.245 e. The summed E-state index contributed by atoms with van der Waals surface area (Å²) >= 11 is 0. The summed E-state index contributed by atoms with van der Waals surface area (Å²) < 4.78 is 5.03. The minimum absolute atomic E-state index is 0.691. The fourth-order valence-corrected chi connectivity index (χ4v) is 1.01. The van der Waals surface area contributed by atoms with Crippen LogP contribution >= 0.6 is 0 Å². The lowest BCUT2D eigenvalue weighted by Crippen LogP contribution is -2.32. The Bertz CT molecular complexity index is 26.3. The van der Waals surface area contributed by atoms with Crippen LogP contribution in [-0.2, 0) is 4.43 Å². The highest BCUT2D eigenvalue weighted by Crippen LogP contribution is 1.73. The van der Waals surface area contributed by atoms with Crippen LogP contribution in [0.5, 0.6) is 0 Å². The van der Waals surface area contributed by atoms with E-state index < -0.39 is 0 Å². The molecule has 0 aromatic rings. The molecule has 2 nitrogen and oxygen atoms in total. The molecule has 0 aromatic heterocycles. The van der Waals surface area contributed by atoms with Gasteiger partial charge in [-0.3, -0.25) is 0 Å². The predicted molar refractivity (Wildman–Crippen MR) is 24.6 cm³/mol. The van der Waals surface area contributed by atoms with E-state index in [4.69, 9.17) is 4.43 Å². The summed E-state index contributed by atoms with van der Waals surface area (Å²) in [6.45, 7) is 1.94. The summed E-state index contributed by atoms with van der Waals surface area (Å²) in [5.41, 5.74) is 0. The van der Waals surface area contributed by atoms with Crippen molar-refractivity contribution < 1.29 is 4.43 Å². The highest BCUT2D eigenvalue weighted by molar-refractivity contribution is 6.27. The van der Waals surface area contributed by atoms with Gasteiger partial charge >= 0.3 is 0 Å². The molecule has 34 valence electrons. The van der Waals surface area contributed by atoms with Crippen LogP contribution in [0.4, 0.5) is 0 Å². The van der Waals surface area contributed by atoms with Gasteiger partial charge in [0.25, 0.3) is 0 Å². The lowest BCUT2D eigenvalue weighted by Gasteiger charge is -2.08. The topological polar surface area (TPSA) is 21.3 Å². The van der Waals surface area contributed by atoms with Crippen LogP contribution in [0.2, 0.25) is 0 Å². The lowest BCUT2D eigenvalue weighted by molar-refractivity contribution is 0.310. The third kappa shape index (κ3) is 1.08. The Morgan fingerprint density at radius 3 is 2.83 bits per heavy atom. The summed E-state index contributed by atoms with van der Waals surface area (Å²) in [5.74, 6) is 0. The number of hydrogen-bond acceptors (Lipinski definition) is 2. The van der Waals surface area contributed by atoms with E-state index in [-0.39, 0.29) is 0 Å². The quantitative estimate of drug-likeness (QED) is 0.403. The molecule has 1 rings (SSSR count). The summed E-state index contributed by atoms with van der Waals surface area (Å²) in [6.07, 6.45) is 1.06. The van der Waals surface area contributed by atoms with Gasteiger partial charge in [0.15, 0.2) is 0 Å². The molecule has 6 heavy (non-hydrogen) atoms. The minimum atomic E-state index is 0.691. The molecule has 1 N–H and O–H groups in total. The van der Waals surface area contributed by atoms with E-state index in [9.17, 15) is 0 Å². The molecule has 0 saturated carbocycles. The molecule has 0 bridgehead atoms. The van der Waals surface area contributed by atoms with Gasteiger partial charge in [-0.15, -0.1) is 0 Å². The summed E-state index contributed by atoms with van der Waals surface area (Å²) in [4.78, 5) is 0. The second-order valence-electron chi connectivity index (χ2n) is 1.17. The van der Waals surface area contributed by atoms with Crippen LogP contribution in [0.1, 0.15) is 0 Å². The maximum atomic E-state index is 5.03. The van der Waals surface area contributed by atoms with Crippen LogP contribution in [-0.4, -0.2) is 29.1 Å². The predicted octanol–water partition coefficient (Wildman–Crippen LogP) is -0.817. The van der Waals surface area contributed by atoms with Gasteiger partial charge in [-0.05, 0) is 0 Å². The SMILES string of the molecule is C1CO[Si]CN1. The van der Waals surface area contributed by atoms with Crippen molar-refractivity contribution in [1.82, 2.24) is 5.32 Å². The van der Waals surface area contributed by atoms with Crippen molar-refractivity contribution in [2.45, 2.75) is 0 Å². The zero-order valence-corrected chi connectivity index (χ0v) is 4.53. The molecule has 1 aliphatic heterocycles. The Kier molecular flexibility index (Phi) is 1.67. The fraction of sp³-hybridized carbons (Fsp3) is 1.00. The minimum Gasteiger partial charge on any atom is -0.415 e. The van der Waals surface area contributed by atoms with Crippen molar-refractivity contribution in [2.75, 3.05) is 19.3 Å². The smallest absolute Gasteiger partial charge is 0.245 e. The van der Waals surface area contributed by atoms with Crippen molar-refractivity contribution in [1.29, 1.82) is 0 Å². The molecular formula is C3H7NOSi. The Labute approximate surface area is 39.8 Å². The molecule has 3 heteroatoms. The van der Waals surface area contributed by atoms with E-state index in [1.807, 2.05) is 0 Å². The lowest BCUT2D eigenvalue weighted by atomic mass is 10.7. The van der Waals surface area contributed by atoms with Gasteiger partial charge in [0.1, 0.15) is 0 Å². The molecule has 1 fully saturated rings. The average molecular weight is 101 g/mol. The normalized spacial score (nSPS) is 24.0. The molecule has 0 atom stereocenters. The summed E-state index contributed by atoms with van der Waals surface area (Å²) in [6, 6.07) is 0. The first-order valence-corrected chi connectivity index (χ1v) is 3.17. The molecule has 0 unspecified atom stereocenters. The number of nitrogens with one attached hydrogen (secondary N) is 1. The van der Waals surface area contributed by atoms with Gasteiger partial charge in [-0.25, -0.2) is 0 Å². The highest BCUT2D eigenvalue weighted by atomic mass is 28.2. The van der Waals surface area contributed by atoms with E-state index in [2.05, 4.69) is 5.32 Å². The first-order valence-electron chi connectivity index (χ1n) is 2.05. The molecule has 1 heterocycles. The monoisotopic (exact) mass is 101 g/mol.